The van der Waals surface area contributed by atoms with E-state index in [9.17, 15) is 4.21 Å². The summed E-state index contributed by atoms with van der Waals surface area (Å²) >= 11 is 0. The van der Waals surface area contributed by atoms with Crippen molar-refractivity contribution in [3.63, 3.8) is 0 Å². The first-order chi connectivity index (χ1) is 11.1. The average Bonchev–Trinajstić information content (AvgIpc) is 2.95. The van der Waals surface area contributed by atoms with Crippen molar-refractivity contribution in [3.8, 4) is 11.4 Å². The second-order valence-electron chi connectivity index (χ2n) is 5.54. The van der Waals surface area contributed by atoms with Gasteiger partial charge in [0.1, 0.15) is 5.75 Å². The summed E-state index contributed by atoms with van der Waals surface area (Å²) in [6.07, 6.45) is 0. The van der Waals surface area contributed by atoms with E-state index in [0.29, 0.717) is 17.5 Å². The molecule has 0 saturated carbocycles. The monoisotopic (exact) mass is 326 g/mol. The Bertz CT molecular complexity index is 842. The van der Waals surface area contributed by atoms with Crippen LogP contribution in [0.15, 0.2) is 53.1 Å². The van der Waals surface area contributed by atoms with E-state index < -0.39 is 10.8 Å². The third kappa shape index (κ3) is 3.93. The molecule has 5 heteroatoms. The second-order valence-corrected chi connectivity index (χ2v) is 7.00. The summed E-state index contributed by atoms with van der Waals surface area (Å²) in [7, 11) is -1.07. The normalized spacial score (nSPS) is 12.3. The lowest BCUT2D eigenvalue weighted by atomic mass is 10.1. The minimum atomic E-state index is -1.07. The molecule has 4 nitrogen and oxygen atoms in total. The molecule has 0 saturated heterocycles. The fraction of sp³-hybridized carbons (Fsp3) is 0.222. The maximum absolute atomic E-state index is 12.3. The Balaban J connectivity index is 1.69. The Kier molecular flexibility index (Phi) is 4.67. The van der Waals surface area contributed by atoms with Gasteiger partial charge in [-0.05, 0) is 25.0 Å². The van der Waals surface area contributed by atoms with E-state index in [0.717, 1.165) is 16.7 Å². The lowest BCUT2D eigenvalue weighted by Gasteiger charge is -2.01. The van der Waals surface area contributed by atoms with E-state index in [1.54, 1.807) is 0 Å². The number of hydrogen-bond donors (Lipinski definition) is 0. The summed E-state index contributed by atoms with van der Waals surface area (Å²) in [5, 5.41) is 4.00. The van der Waals surface area contributed by atoms with Crippen LogP contribution in [-0.4, -0.2) is 14.3 Å². The van der Waals surface area contributed by atoms with Crippen LogP contribution in [0, 0.1) is 13.8 Å². The van der Waals surface area contributed by atoms with Crippen LogP contribution in [0.3, 0.4) is 0 Å². The van der Waals surface area contributed by atoms with E-state index in [2.05, 4.69) is 10.1 Å². The van der Waals surface area contributed by atoms with Crippen LogP contribution in [0.5, 0.6) is 0 Å². The van der Waals surface area contributed by atoms with Crippen LogP contribution < -0.4 is 0 Å². The third-order valence-corrected chi connectivity index (χ3v) is 4.77. The number of benzene rings is 2. The Hall–Kier alpha value is -2.27. The van der Waals surface area contributed by atoms with Gasteiger partial charge in [0.15, 0.2) is 0 Å². The van der Waals surface area contributed by atoms with E-state index in [1.165, 1.54) is 5.56 Å². The zero-order valence-electron chi connectivity index (χ0n) is 13.2. The Morgan fingerprint density at radius 3 is 2.65 bits per heavy atom. The van der Waals surface area contributed by atoms with E-state index in [4.69, 9.17) is 4.52 Å². The molecule has 0 amide bonds. The van der Waals surface area contributed by atoms with Crippen LogP contribution in [-0.2, 0) is 22.3 Å². The maximum Gasteiger partial charge on any atom is 0.239 e. The van der Waals surface area contributed by atoms with Crippen LogP contribution in [0.1, 0.15) is 22.6 Å². The number of aromatic nitrogens is 2. The first kappa shape index (κ1) is 15.6. The molecule has 0 aliphatic heterocycles. The highest BCUT2D eigenvalue weighted by Crippen LogP contribution is 2.20. The van der Waals surface area contributed by atoms with Crippen molar-refractivity contribution < 1.29 is 8.73 Å². The molecule has 0 aliphatic carbocycles. The van der Waals surface area contributed by atoms with Crippen molar-refractivity contribution >= 4 is 10.8 Å². The molecule has 0 fully saturated rings. The first-order valence-corrected chi connectivity index (χ1v) is 8.90. The minimum Gasteiger partial charge on any atom is -0.338 e. The van der Waals surface area contributed by atoms with Crippen molar-refractivity contribution in [1.82, 2.24) is 10.1 Å². The van der Waals surface area contributed by atoms with Crippen molar-refractivity contribution in [2.45, 2.75) is 25.4 Å². The standard InChI is InChI=1S/C18H18N2O2S/c1-13-6-5-8-15(10-13)11-23(21)12-17-19-18(20-22-17)16-9-4-3-7-14(16)2/h3-10H,11-12H2,1-2H3/t23-/m1/s1. The van der Waals surface area contributed by atoms with Gasteiger partial charge in [-0.15, -0.1) is 0 Å². The van der Waals surface area contributed by atoms with Crippen molar-refractivity contribution in [2.24, 2.45) is 0 Å². The van der Waals surface area contributed by atoms with E-state index in [1.807, 2.05) is 62.4 Å². The smallest absolute Gasteiger partial charge is 0.239 e. The molecular formula is C18H18N2O2S. The second kappa shape index (κ2) is 6.87. The van der Waals surface area contributed by atoms with Crippen LogP contribution >= 0.6 is 0 Å². The molecule has 0 bridgehead atoms. The molecule has 118 valence electrons. The third-order valence-electron chi connectivity index (χ3n) is 3.55. The van der Waals surface area contributed by atoms with Gasteiger partial charge in [-0.3, -0.25) is 4.21 Å². The summed E-state index contributed by atoms with van der Waals surface area (Å²) in [6, 6.07) is 15.9. The van der Waals surface area contributed by atoms with Crippen LogP contribution in [0.2, 0.25) is 0 Å². The van der Waals surface area contributed by atoms with E-state index in [-0.39, 0.29) is 5.75 Å². The quantitative estimate of drug-likeness (QED) is 0.715. The summed E-state index contributed by atoms with van der Waals surface area (Å²) in [6.45, 7) is 4.03. The Morgan fingerprint density at radius 2 is 1.87 bits per heavy atom. The fourth-order valence-corrected chi connectivity index (χ4v) is 3.47. The number of aryl methyl sites for hydroxylation is 2. The number of hydrogen-bond acceptors (Lipinski definition) is 4. The van der Waals surface area contributed by atoms with Gasteiger partial charge in [-0.25, -0.2) is 0 Å². The summed E-state index contributed by atoms with van der Waals surface area (Å²) in [5.74, 6) is 1.72. The molecule has 3 rings (SSSR count). The summed E-state index contributed by atoms with van der Waals surface area (Å²) in [4.78, 5) is 4.37. The molecular weight excluding hydrogens is 308 g/mol. The zero-order valence-corrected chi connectivity index (χ0v) is 14.0. The van der Waals surface area contributed by atoms with E-state index >= 15 is 0 Å². The highest BCUT2D eigenvalue weighted by Gasteiger charge is 2.13. The van der Waals surface area contributed by atoms with Gasteiger partial charge in [-0.1, -0.05) is 59.3 Å². The molecule has 1 aromatic heterocycles. The van der Waals surface area contributed by atoms with Crippen molar-refractivity contribution in [2.75, 3.05) is 0 Å². The van der Waals surface area contributed by atoms with Crippen molar-refractivity contribution in [1.29, 1.82) is 0 Å². The van der Waals surface area contributed by atoms with Gasteiger partial charge in [0.25, 0.3) is 0 Å². The minimum absolute atomic E-state index is 0.271. The molecule has 1 heterocycles. The predicted molar refractivity (Wildman–Crippen MR) is 91.2 cm³/mol. The van der Waals surface area contributed by atoms with Gasteiger partial charge in [0.2, 0.25) is 11.7 Å². The van der Waals surface area contributed by atoms with Gasteiger partial charge in [0, 0.05) is 22.1 Å². The lowest BCUT2D eigenvalue weighted by molar-refractivity contribution is 0.390. The molecule has 0 radical (unpaired) electrons. The summed E-state index contributed by atoms with van der Waals surface area (Å²) in [5.41, 5.74) is 4.24. The Morgan fingerprint density at radius 1 is 1.04 bits per heavy atom. The zero-order chi connectivity index (χ0) is 16.2. The van der Waals surface area contributed by atoms with Gasteiger partial charge in [-0.2, -0.15) is 4.98 Å². The number of rotatable bonds is 5. The molecule has 23 heavy (non-hydrogen) atoms. The number of nitrogens with zero attached hydrogens (tertiary/aromatic N) is 2. The Labute approximate surface area is 138 Å². The molecule has 2 aromatic carbocycles. The molecule has 1 atom stereocenters. The highest BCUT2D eigenvalue weighted by atomic mass is 32.2. The predicted octanol–water partition coefficient (Wildman–Crippen LogP) is 3.80. The van der Waals surface area contributed by atoms with Gasteiger partial charge >= 0.3 is 0 Å². The summed E-state index contributed by atoms with van der Waals surface area (Å²) < 4.78 is 17.5. The van der Waals surface area contributed by atoms with Gasteiger partial charge in [0.05, 0.1) is 0 Å². The first-order valence-electron chi connectivity index (χ1n) is 7.41. The largest absolute Gasteiger partial charge is 0.338 e. The van der Waals surface area contributed by atoms with Gasteiger partial charge < -0.3 is 4.52 Å². The molecule has 0 aliphatic rings. The molecule has 0 unspecified atom stereocenters. The average molecular weight is 326 g/mol. The van der Waals surface area contributed by atoms with Crippen molar-refractivity contribution in [3.05, 3.63) is 71.1 Å². The SMILES string of the molecule is Cc1cccc(C[S@@](=O)Cc2nc(-c3ccccc3C)no2)c1. The fourth-order valence-electron chi connectivity index (χ4n) is 2.42. The van der Waals surface area contributed by atoms with Crippen LogP contribution in [0.4, 0.5) is 0 Å². The van der Waals surface area contributed by atoms with Crippen LogP contribution in [0.25, 0.3) is 11.4 Å². The highest BCUT2D eigenvalue weighted by molar-refractivity contribution is 7.83. The molecule has 0 spiro atoms. The lowest BCUT2D eigenvalue weighted by Crippen LogP contribution is -2.00. The molecule has 0 N–H and O–H groups in total. The molecule has 3 aromatic rings. The topological polar surface area (TPSA) is 56.0 Å². The maximum atomic E-state index is 12.3.